The van der Waals surface area contributed by atoms with Gasteiger partial charge in [-0.3, -0.25) is 4.98 Å². The van der Waals surface area contributed by atoms with Gasteiger partial charge in [-0.25, -0.2) is 4.98 Å². The van der Waals surface area contributed by atoms with E-state index in [9.17, 15) is 0 Å². The minimum absolute atomic E-state index is 0.926. The molecule has 3 nitrogen and oxygen atoms in total. The predicted octanol–water partition coefficient (Wildman–Crippen LogP) is 6.81. The van der Waals surface area contributed by atoms with Crippen LogP contribution in [0.3, 0.4) is 0 Å². The second-order valence-corrected chi connectivity index (χ2v) is 7.89. The molecule has 0 radical (unpaired) electrons. The molecule has 0 atom stereocenters. The summed E-state index contributed by atoms with van der Waals surface area (Å²) in [6.07, 6.45) is 10.8. The van der Waals surface area contributed by atoms with Gasteiger partial charge in [0.1, 0.15) is 0 Å². The standard InChI is InChI=1S/C23H27N3.C3H6/c1-3-4-18-10-13-26(14-11-18)20-7-5-19(6-8-20)23-15-17(2)21-16-24-12-9-22(21)25-23;1-3-2/h5-9,12,15-16,18H,3-4,10-11,13-14H2,1-2H3;3H,1H2,2H3. The van der Waals surface area contributed by atoms with E-state index >= 15 is 0 Å². The van der Waals surface area contributed by atoms with Gasteiger partial charge in [0.15, 0.2) is 0 Å². The molecule has 1 aliphatic heterocycles. The molecule has 0 amide bonds. The highest BCUT2D eigenvalue weighted by atomic mass is 15.1. The van der Waals surface area contributed by atoms with Crippen molar-refractivity contribution in [1.82, 2.24) is 9.97 Å². The molecule has 1 fully saturated rings. The Morgan fingerprint density at radius 3 is 2.48 bits per heavy atom. The molecular weight excluding hydrogens is 354 g/mol. The smallest absolute Gasteiger partial charge is 0.0742 e. The van der Waals surface area contributed by atoms with Crippen LogP contribution in [-0.2, 0) is 0 Å². The van der Waals surface area contributed by atoms with Crippen LogP contribution in [0.4, 0.5) is 5.69 Å². The number of rotatable bonds is 4. The molecule has 2 aromatic heterocycles. The zero-order valence-electron chi connectivity index (χ0n) is 18.1. The van der Waals surface area contributed by atoms with Crippen LogP contribution in [0, 0.1) is 12.8 Å². The molecule has 0 saturated carbocycles. The van der Waals surface area contributed by atoms with E-state index < -0.39 is 0 Å². The van der Waals surface area contributed by atoms with Crippen molar-refractivity contribution in [3.05, 3.63) is 67.0 Å². The Bertz CT molecular complexity index is 922. The number of benzene rings is 1. The van der Waals surface area contributed by atoms with Crippen molar-refractivity contribution in [2.75, 3.05) is 18.0 Å². The van der Waals surface area contributed by atoms with Crippen molar-refractivity contribution in [3.63, 3.8) is 0 Å². The van der Waals surface area contributed by atoms with Crippen molar-refractivity contribution >= 4 is 16.6 Å². The number of pyridine rings is 2. The molecule has 1 saturated heterocycles. The minimum atomic E-state index is 0.926. The van der Waals surface area contributed by atoms with Crippen molar-refractivity contribution in [2.45, 2.75) is 46.5 Å². The number of aryl methyl sites for hydroxylation is 1. The number of hydrogen-bond donors (Lipinski definition) is 0. The third-order valence-electron chi connectivity index (χ3n) is 5.66. The summed E-state index contributed by atoms with van der Waals surface area (Å²) in [5, 5.41) is 1.13. The number of aromatic nitrogens is 2. The summed E-state index contributed by atoms with van der Waals surface area (Å²) in [4.78, 5) is 11.6. The van der Waals surface area contributed by atoms with E-state index in [2.05, 4.69) is 60.6 Å². The molecular formula is C26H33N3. The number of nitrogens with zero attached hydrogens (tertiary/aromatic N) is 3. The molecule has 0 bridgehead atoms. The Morgan fingerprint density at radius 2 is 1.83 bits per heavy atom. The second kappa shape index (κ2) is 10.2. The van der Waals surface area contributed by atoms with Gasteiger partial charge in [0.05, 0.1) is 11.2 Å². The summed E-state index contributed by atoms with van der Waals surface area (Å²) in [7, 11) is 0. The first-order valence-electron chi connectivity index (χ1n) is 10.8. The number of fused-ring (bicyclic) bond motifs is 1. The van der Waals surface area contributed by atoms with Gasteiger partial charge in [-0.05, 0) is 62.4 Å². The van der Waals surface area contributed by atoms with E-state index in [1.54, 1.807) is 6.08 Å². The summed E-state index contributed by atoms with van der Waals surface area (Å²) in [5.74, 6) is 0.926. The van der Waals surface area contributed by atoms with Crippen LogP contribution < -0.4 is 4.90 Å². The highest BCUT2D eigenvalue weighted by Crippen LogP contribution is 2.29. The third kappa shape index (κ3) is 5.23. The molecule has 0 unspecified atom stereocenters. The van der Waals surface area contributed by atoms with Gasteiger partial charge in [0.2, 0.25) is 0 Å². The summed E-state index contributed by atoms with van der Waals surface area (Å²) >= 11 is 0. The SMILES string of the molecule is C=CC.CCCC1CCN(c2ccc(-c3cc(C)c4cnccc4n3)cc2)CC1. The molecule has 0 spiro atoms. The molecule has 3 heteroatoms. The van der Waals surface area contributed by atoms with Crippen LogP contribution in [-0.4, -0.2) is 23.1 Å². The van der Waals surface area contributed by atoms with Crippen LogP contribution in [0.15, 0.2) is 61.4 Å². The predicted molar refractivity (Wildman–Crippen MR) is 125 cm³/mol. The first-order valence-corrected chi connectivity index (χ1v) is 10.8. The van der Waals surface area contributed by atoms with Crippen LogP contribution in [0.5, 0.6) is 0 Å². The fourth-order valence-electron chi connectivity index (χ4n) is 4.11. The first kappa shape index (κ1) is 21.0. The maximum absolute atomic E-state index is 4.83. The zero-order valence-corrected chi connectivity index (χ0v) is 18.1. The summed E-state index contributed by atoms with van der Waals surface area (Å²) in [5.41, 5.74) is 5.79. The van der Waals surface area contributed by atoms with Gasteiger partial charge in [-0.1, -0.05) is 38.0 Å². The number of piperidine rings is 1. The van der Waals surface area contributed by atoms with E-state index in [1.807, 2.05) is 25.4 Å². The van der Waals surface area contributed by atoms with Crippen LogP contribution in [0.25, 0.3) is 22.2 Å². The zero-order chi connectivity index (χ0) is 20.6. The minimum Gasteiger partial charge on any atom is -0.372 e. The Balaban J connectivity index is 0.000000755. The van der Waals surface area contributed by atoms with Gasteiger partial charge in [0, 0.05) is 42.1 Å². The molecule has 0 aliphatic carbocycles. The van der Waals surface area contributed by atoms with Crippen LogP contribution >= 0.6 is 0 Å². The Hall–Kier alpha value is -2.68. The van der Waals surface area contributed by atoms with Gasteiger partial charge < -0.3 is 4.90 Å². The molecule has 29 heavy (non-hydrogen) atoms. The van der Waals surface area contributed by atoms with Gasteiger partial charge in [-0.15, -0.1) is 6.58 Å². The fraction of sp³-hybridized carbons (Fsp3) is 0.385. The van der Waals surface area contributed by atoms with Crippen molar-refractivity contribution < 1.29 is 0 Å². The lowest BCUT2D eigenvalue weighted by atomic mass is 9.92. The quantitative estimate of drug-likeness (QED) is 0.460. The van der Waals surface area contributed by atoms with Crippen LogP contribution in [0.1, 0.15) is 45.1 Å². The summed E-state index contributed by atoms with van der Waals surface area (Å²) in [6.45, 7) is 12.0. The molecule has 152 valence electrons. The maximum atomic E-state index is 4.83. The molecule has 1 aliphatic rings. The number of anilines is 1. The maximum Gasteiger partial charge on any atom is 0.0742 e. The van der Waals surface area contributed by atoms with Crippen molar-refractivity contribution in [3.8, 4) is 11.3 Å². The van der Waals surface area contributed by atoms with Crippen LogP contribution in [0.2, 0.25) is 0 Å². The van der Waals surface area contributed by atoms with Gasteiger partial charge in [0.25, 0.3) is 0 Å². The summed E-state index contributed by atoms with van der Waals surface area (Å²) < 4.78 is 0. The number of hydrogen-bond acceptors (Lipinski definition) is 3. The topological polar surface area (TPSA) is 29.0 Å². The monoisotopic (exact) mass is 387 g/mol. The second-order valence-electron chi connectivity index (χ2n) is 7.89. The Kier molecular flexibility index (Phi) is 7.40. The summed E-state index contributed by atoms with van der Waals surface area (Å²) in [6, 6.07) is 13.1. The van der Waals surface area contributed by atoms with Crippen molar-refractivity contribution in [1.29, 1.82) is 0 Å². The molecule has 3 heterocycles. The van der Waals surface area contributed by atoms with Crippen molar-refractivity contribution in [2.24, 2.45) is 5.92 Å². The highest BCUT2D eigenvalue weighted by Gasteiger charge is 2.18. The van der Waals surface area contributed by atoms with E-state index in [-0.39, 0.29) is 0 Å². The van der Waals surface area contributed by atoms with E-state index in [1.165, 1.54) is 55.6 Å². The molecule has 3 aromatic rings. The van der Waals surface area contributed by atoms with Gasteiger partial charge >= 0.3 is 0 Å². The van der Waals surface area contributed by atoms with Gasteiger partial charge in [-0.2, -0.15) is 0 Å². The average Bonchev–Trinajstić information content (AvgIpc) is 2.75. The fourth-order valence-corrected chi connectivity index (χ4v) is 4.11. The van der Waals surface area contributed by atoms with E-state index in [4.69, 9.17) is 4.98 Å². The lowest BCUT2D eigenvalue weighted by Crippen LogP contribution is -2.33. The number of allylic oxidation sites excluding steroid dienone is 1. The Labute approximate surface area is 175 Å². The first-order chi connectivity index (χ1) is 14.2. The Morgan fingerprint density at radius 1 is 1.14 bits per heavy atom. The van der Waals surface area contributed by atoms with E-state index in [0.29, 0.717) is 0 Å². The molecule has 4 rings (SSSR count). The lowest BCUT2D eigenvalue weighted by Gasteiger charge is -2.33. The third-order valence-corrected chi connectivity index (χ3v) is 5.66. The lowest BCUT2D eigenvalue weighted by molar-refractivity contribution is 0.378. The average molecular weight is 388 g/mol. The molecule has 1 aromatic carbocycles. The molecule has 0 N–H and O–H groups in total. The van der Waals surface area contributed by atoms with E-state index in [0.717, 1.165) is 22.5 Å². The highest BCUT2D eigenvalue weighted by molar-refractivity contribution is 5.84. The largest absolute Gasteiger partial charge is 0.372 e. The normalized spacial score (nSPS) is 14.4.